The van der Waals surface area contributed by atoms with Crippen molar-refractivity contribution in [2.45, 2.75) is 5.41 Å². The van der Waals surface area contributed by atoms with Gasteiger partial charge >= 0.3 is 5.97 Å². The SMILES string of the molecule is COC(=O)C1(c2ccc(OC)cc2)C=CC(OC)=CC1C=Cc1nc2ccccc2n1C. The molecule has 2 unspecified atom stereocenters. The molecular formula is C26H26N2O4. The van der Waals surface area contributed by atoms with E-state index in [0.29, 0.717) is 11.5 Å². The number of aromatic nitrogens is 2. The van der Waals surface area contributed by atoms with Gasteiger partial charge in [0.25, 0.3) is 0 Å². The maximum Gasteiger partial charge on any atom is 0.321 e. The Kier molecular flexibility index (Phi) is 5.86. The molecule has 1 aliphatic rings. The summed E-state index contributed by atoms with van der Waals surface area (Å²) in [4.78, 5) is 18.0. The molecule has 2 atom stereocenters. The summed E-state index contributed by atoms with van der Waals surface area (Å²) in [5, 5.41) is 0. The lowest BCUT2D eigenvalue weighted by atomic mass is 9.67. The fourth-order valence-electron chi connectivity index (χ4n) is 4.18. The Hall–Kier alpha value is -3.80. The Morgan fingerprint density at radius 1 is 1.06 bits per heavy atom. The second-order valence-electron chi connectivity index (χ2n) is 7.60. The average Bonchev–Trinajstić information content (AvgIpc) is 3.17. The number of aryl methyl sites for hydroxylation is 1. The van der Waals surface area contributed by atoms with Gasteiger partial charge in [0, 0.05) is 13.0 Å². The molecule has 0 spiro atoms. The number of hydrogen-bond donors (Lipinski definition) is 0. The number of ether oxygens (including phenoxy) is 3. The molecule has 0 radical (unpaired) electrons. The third-order valence-electron chi connectivity index (χ3n) is 5.98. The predicted molar refractivity (Wildman–Crippen MR) is 124 cm³/mol. The molecular weight excluding hydrogens is 404 g/mol. The third kappa shape index (κ3) is 3.58. The topological polar surface area (TPSA) is 62.6 Å². The van der Waals surface area contributed by atoms with Crippen molar-refractivity contribution in [2.75, 3.05) is 21.3 Å². The van der Waals surface area contributed by atoms with Crippen molar-refractivity contribution in [3.05, 3.63) is 90.0 Å². The number of rotatable bonds is 6. The van der Waals surface area contributed by atoms with E-state index < -0.39 is 5.41 Å². The van der Waals surface area contributed by atoms with Crippen LogP contribution < -0.4 is 4.74 Å². The Bertz CT molecular complexity index is 1220. The number of imidazole rings is 1. The fraction of sp³-hybridized carbons (Fsp3) is 0.231. The molecule has 6 nitrogen and oxygen atoms in total. The summed E-state index contributed by atoms with van der Waals surface area (Å²) in [6.45, 7) is 0. The molecule has 0 saturated heterocycles. The van der Waals surface area contributed by atoms with Crippen molar-refractivity contribution < 1.29 is 19.0 Å². The van der Waals surface area contributed by atoms with Crippen LogP contribution in [0.3, 0.4) is 0 Å². The van der Waals surface area contributed by atoms with Gasteiger partial charge in [0.2, 0.25) is 0 Å². The molecule has 0 saturated carbocycles. The highest BCUT2D eigenvalue weighted by Gasteiger charge is 2.46. The van der Waals surface area contributed by atoms with Crippen LogP contribution in [0.1, 0.15) is 11.4 Å². The van der Waals surface area contributed by atoms with Gasteiger partial charge in [-0.3, -0.25) is 4.79 Å². The average molecular weight is 431 g/mol. The van der Waals surface area contributed by atoms with E-state index in [2.05, 4.69) is 0 Å². The smallest absolute Gasteiger partial charge is 0.321 e. The number of fused-ring (bicyclic) bond motifs is 1. The van der Waals surface area contributed by atoms with Crippen LogP contribution in [0.4, 0.5) is 0 Å². The first-order valence-corrected chi connectivity index (χ1v) is 10.3. The first kappa shape index (κ1) is 21.4. The number of hydrogen-bond acceptors (Lipinski definition) is 5. The fourth-order valence-corrected chi connectivity index (χ4v) is 4.18. The van der Waals surface area contributed by atoms with E-state index in [1.807, 2.05) is 84.4 Å². The molecule has 0 amide bonds. The van der Waals surface area contributed by atoms with Crippen molar-refractivity contribution in [1.82, 2.24) is 9.55 Å². The van der Waals surface area contributed by atoms with Crippen LogP contribution in [0, 0.1) is 5.92 Å². The van der Waals surface area contributed by atoms with Gasteiger partial charge in [0.15, 0.2) is 0 Å². The van der Waals surface area contributed by atoms with E-state index in [0.717, 1.165) is 22.4 Å². The maximum atomic E-state index is 13.2. The van der Waals surface area contributed by atoms with Gasteiger partial charge in [-0.1, -0.05) is 36.4 Å². The second kappa shape index (κ2) is 8.75. The zero-order valence-corrected chi connectivity index (χ0v) is 18.6. The maximum absolute atomic E-state index is 13.2. The number of benzene rings is 2. The van der Waals surface area contributed by atoms with Gasteiger partial charge < -0.3 is 18.8 Å². The van der Waals surface area contributed by atoms with Crippen molar-refractivity contribution in [1.29, 1.82) is 0 Å². The first-order valence-electron chi connectivity index (χ1n) is 10.3. The Balaban J connectivity index is 1.82. The number of esters is 1. The standard InChI is InChI=1S/C26H26N2O4/c1-28-23-8-6-5-7-22(23)27-24(28)14-11-19-17-21(31-3)15-16-26(19,25(29)32-4)18-9-12-20(30-2)13-10-18/h5-17,19H,1-4H3. The number of carbonyl (C=O) groups excluding carboxylic acids is 1. The molecule has 0 bridgehead atoms. The number of carbonyl (C=O) groups is 1. The second-order valence-corrected chi connectivity index (χ2v) is 7.60. The molecule has 6 heteroatoms. The summed E-state index contributed by atoms with van der Waals surface area (Å²) in [6.07, 6.45) is 9.50. The van der Waals surface area contributed by atoms with E-state index in [1.54, 1.807) is 20.3 Å². The molecule has 4 rings (SSSR count). The van der Waals surface area contributed by atoms with Crippen LogP contribution >= 0.6 is 0 Å². The number of allylic oxidation sites excluding steroid dienone is 3. The highest BCUT2D eigenvalue weighted by molar-refractivity contribution is 5.88. The molecule has 0 aliphatic heterocycles. The normalized spacial score (nSPS) is 20.4. The Morgan fingerprint density at radius 2 is 1.81 bits per heavy atom. The molecule has 3 aromatic rings. The summed E-state index contributed by atoms with van der Waals surface area (Å²) in [7, 11) is 6.61. The molecule has 0 fully saturated rings. The minimum atomic E-state index is -1.05. The van der Waals surface area contributed by atoms with Crippen LogP contribution in [-0.2, 0) is 26.7 Å². The van der Waals surface area contributed by atoms with Crippen molar-refractivity contribution >= 4 is 23.1 Å². The molecule has 164 valence electrons. The zero-order valence-electron chi connectivity index (χ0n) is 18.6. The summed E-state index contributed by atoms with van der Waals surface area (Å²) >= 11 is 0. The van der Waals surface area contributed by atoms with Crippen LogP contribution in [0.15, 0.2) is 78.6 Å². The van der Waals surface area contributed by atoms with Crippen LogP contribution in [-0.4, -0.2) is 36.8 Å². The minimum absolute atomic E-state index is 0.357. The van der Waals surface area contributed by atoms with E-state index in [-0.39, 0.29) is 11.9 Å². The number of methoxy groups -OCH3 is 3. The zero-order chi connectivity index (χ0) is 22.7. The quantitative estimate of drug-likeness (QED) is 0.542. The van der Waals surface area contributed by atoms with Gasteiger partial charge in [0.1, 0.15) is 22.7 Å². The van der Waals surface area contributed by atoms with Gasteiger partial charge in [-0.25, -0.2) is 4.98 Å². The number of para-hydroxylation sites is 2. The molecule has 32 heavy (non-hydrogen) atoms. The van der Waals surface area contributed by atoms with Gasteiger partial charge in [-0.05, 0) is 48.1 Å². The largest absolute Gasteiger partial charge is 0.497 e. The third-order valence-corrected chi connectivity index (χ3v) is 5.98. The van der Waals surface area contributed by atoms with Crippen molar-refractivity contribution in [2.24, 2.45) is 13.0 Å². The molecule has 2 aromatic carbocycles. The highest BCUT2D eigenvalue weighted by Crippen LogP contribution is 2.42. The monoisotopic (exact) mass is 430 g/mol. The predicted octanol–water partition coefficient (Wildman–Crippen LogP) is 4.42. The van der Waals surface area contributed by atoms with Crippen LogP contribution in [0.25, 0.3) is 17.1 Å². The van der Waals surface area contributed by atoms with Gasteiger partial charge in [-0.2, -0.15) is 0 Å². The van der Waals surface area contributed by atoms with Gasteiger partial charge in [-0.15, -0.1) is 0 Å². The Morgan fingerprint density at radius 3 is 2.47 bits per heavy atom. The Labute approximate surface area is 187 Å². The van der Waals surface area contributed by atoms with E-state index in [4.69, 9.17) is 19.2 Å². The summed E-state index contributed by atoms with van der Waals surface area (Å²) < 4.78 is 18.1. The van der Waals surface area contributed by atoms with Gasteiger partial charge in [0.05, 0.1) is 32.4 Å². The van der Waals surface area contributed by atoms with E-state index >= 15 is 0 Å². The lowest BCUT2D eigenvalue weighted by Crippen LogP contribution is -2.42. The lowest BCUT2D eigenvalue weighted by molar-refractivity contribution is -0.146. The minimum Gasteiger partial charge on any atom is -0.497 e. The lowest BCUT2D eigenvalue weighted by Gasteiger charge is -2.35. The molecule has 1 aliphatic carbocycles. The summed E-state index contributed by atoms with van der Waals surface area (Å²) in [6, 6.07) is 15.4. The first-order chi connectivity index (χ1) is 15.5. The van der Waals surface area contributed by atoms with E-state index in [9.17, 15) is 4.79 Å². The summed E-state index contributed by atoms with van der Waals surface area (Å²) in [5.74, 6) is 1.47. The number of nitrogens with zero attached hydrogens (tertiary/aromatic N) is 2. The van der Waals surface area contributed by atoms with Crippen LogP contribution in [0.2, 0.25) is 0 Å². The molecule has 1 aromatic heterocycles. The molecule has 1 heterocycles. The van der Waals surface area contributed by atoms with E-state index in [1.165, 1.54) is 7.11 Å². The highest BCUT2D eigenvalue weighted by atomic mass is 16.5. The summed E-state index contributed by atoms with van der Waals surface area (Å²) in [5.41, 5.74) is 1.70. The van der Waals surface area contributed by atoms with Crippen molar-refractivity contribution in [3.63, 3.8) is 0 Å². The molecule has 0 N–H and O–H groups in total. The van der Waals surface area contributed by atoms with Crippen molar-refractivity contribution in [3.8, 4) is 5.75 Å². The van der Waals surface area contributed by atoms with Crippen LogP contribution in [0.5, 0.6) is 5.75 Å².